The van der Waals surface area contributed by atoms with Gasteiger partial charge in [-0.2, -0.15) is 5.10 Å². The number of hydrogen-bond donors (Lipinski definition) is 1. The maximum absolute atomic E-state index is 13.2. The number of nitrogens with zero attached hydrogens (tertiary/aromatic N) is 3. The molecule has 1 atom stereocenters. The van der Waals surface area contributed by atoms with E-state index in [4.69, 9.17) is 4.74 Å². The zero-order valence-electron chi connectivity index (χ0n) is 15.5. The number of benzene rings is 1. The number of morpholine rings is 1. The summed E-state index contributed by atoms with van der Waals surface area (Å²) in [5.74, 6) is 0.0383. The second-order valence-corrected chi connectivity index (χ2v) is 8.08. The Morgan fingerprint density at radius 3 is 2.68 bits per heavy atom. The number of aromatic amines is 1. The monoisotopic (exact) mass is 394 g/mol. The fourth-order valence-electron chi connectivity index (χ4n) is 4.06. The number of fused-ring (bicyclic) bond motifs is 1. The largest absolute Gasteiger partial charge is 0.379 e. The number of carbonyl (C=O) groups excluding carboxylic acids is 1. The number of rotatable bonds is 5. The molecule has 4 heterocycles. The molecule has 0 bridgehead atoms. The highest BCUT2D eigenvalue weighted by Crippen LogP contribution is 2.43. The van der Waals surface area contributed by atoms with Crippen molar-refractivity contribution in [3.63, 3.8) is 0 Å². The molecule has 1 aromatic carbocycles. The molecule has 1 unspecified atom stereocenters. The summed E-state index contributed by atoms with van der Waals surface area (Å²) in [5.41, 5.74) is 3.53. The number of thiophene rings is 1. The molecular formula is C21H22N4O2S. The average Bonchev–Trinajstić information content (AvgIpc) is 3.46. The topological polar surface area (TPSA) is 61.5 Å². The predicted molar refractivity (Wildman–Crippen MR) is 108 cm³/mol. The van der Waals surface area contributed by atoms with Crippen molar-refractivity contribution >= 4 is 17.2 Å². The Balaban J connectivity index is 1.50. The summed E-state index contributed by atoms with van der Waals surface area (Å²) in [4.78, 5) is 18.8. The highest BCUT2D eigenvalue weighted by molar-refractivity contribution is 7.10. The van der Waals surface area contributed by atoms with Crippen molar-refractivity contribution in [1.82, 2.24) is 20.0 Å². The summed E-state index contributed by atoms with van der Waals surface area (Å²) >= 11 is 1.69. The molecule has 0 radical (unpaired) electrons. The van der Waals surface area contributed by atoms with Gasteiger partial charge in [-0.25, -0.2) is 0 Å². The van der Waals surface area contributed by atoms with E-state index in [1.807, 2.05) is 41.3 Å². The number of nitrogens with one attached hydrogen (secondary N) is 1. The first-order valence-corrected chi connectivity index (χ1v) is 10.5. The zero-order chi connectivity index (χ0) is 18.9. The summed E-state index contributed by atoms with van der Waals surface area (Å²) < 4.78 is 5.44. The van der Waals surface area contributed by atoms with Gasteiger partial charge in [0.2, 0.25) is 0 Å². The Kier molecular flexibility index (Phi) is 4.72. The van der Waals surface area contributed by atoms with Crippen molar-refractivity contribution in [2.75, 3.05) is 39.4 Å². The Labute approximate surface area is 167 Å². The molecule has 3 aromatic rings. The first kappa shape index (κ1) is 17.6. The molecule has 5 rings (SSSR count). The number of carbonyl (C=O) groups is 1. The lowest BCUT2D eigenvalue weighted by Crippen LogP contribution is -2.42. The van der Waals surface area contributed by atoms with E-state index in [0.717, 1.165) is 49.7 Å². The van der Waals surface area contributed by atoms with Crippen LogP contribution in [0.15, 0.2) is 47.8 Å². The van der Waals surface area contributed by atoms with Crippen LogP contribution < -0.4 is 0 Å². The minimum atomic E-state index is -0.0857. The Morgan fingerprint density at radius 2 is 1.93 bits per heavy atom. The van der Waals surface area contributed by atoms with E-state index in [1.54, 1.807) is 11.3 Å². The molecule has 0 aliphatic carbocycles. The Morgan fingerprint density at radius 1 is 1.11 bits per heavy atom. The predicted octanol–water partition coefficient (Wildman–Crippen LogP) is 3.02. The van der Waals surface area contributed by atoms with Crippen molar-refractivity contribution in [3.8, 4) is 11.3 Å². The van der Waals surface area contributed by atoms with Gasteiger partial charge in [0.1, 0.15) is 5.69 Å². The van der Waals surface area contributed by atoms with Gasteiger partial charge in [-0.15, -0.1) is 11.3 Å². The molecule has 2 aliphatic heterocycles. The summed E-state index contributed by atoms with van der Waals surface area (Å²) in [6.07, 6.45) is 0. The van der Waals surface area contributed by atoms with E-state index < -0.39 is 0 Å². The highest BCUT2D eigenvalue weighted by Gasteiger charge is 2.42. The van der Waals surface area contributed by atoms with Gasteiger partial charge in [0.25, 0.3) is 5.91 Å². The SMILES string of the molecule is O=C1c2[nH]nc(-c3ccccc3)c2C(c2cccs2)N1CCN1CCOCC1. The fraction of sp³-hybridized carbons (Fsp3) is 0.333. The molecule has 0 saturated carbocycles. The van der Waals surface area contributed by atoms with Gasteiger partial charge < -0.3 is 9.64 Å². The first-order chi connectivity index (χ1) is 13.8. The van der Waals surface area contributed by atoms with Gasteiger partial charge in [-0.1, -0.05) is 36.4 Å². The molecule has 1 amide bonds. The van der Waals surface area contributed by atoms with Crippen LogP contribution in [0.2, 0.25) is 0 Å². The molecule has 0 spiro atoms. The number of ether oxygens (including phenoxy) is 1. The van der Waals surface area contributed by atoms with E-state index in [9.17, 15) is 4.79 Å². The fourth-order valence-corrected chi connectivity index (χ4v) is 4.91. The smallest absolute Gasteiger partial charge is 0.273 e. The van der Waals surface area contributed by atoms with Gasteiger partial charge in [0.05, 0.1) is 24.9 Å². The molecule has 2 aromatic heterocycles. The van der Waals surface area contributed by atoms with Crippen molar-refractivity contribution in [2.24, 2.45) is 0 Å². The third-order valence-corrected chi connectivity index (χ3v) is 6.41. The van der Waals surface area contributed by atoms with Crippen LogP contribution in [0.4, 0.5) is 0 Å². The van der Waals surface area contributed by atoms with Crippen LogP contribution in [-0.2, 0) is 4.74 Å². The number of hydrogen-bond acceptors (Lipinski definition) is 5. The van der Waals surface area contributed by atoms with Crippen LogP contribution >= 0.6 is 11.3 Å². The lowest BCUT2D eigenvalue weighted by Gasteiger charge is -2.31. The first-order valence-electron chi connectivity index (χ1n) is 9.61. The van der Waals surface area contributed by atoms with Gasteiger partial charge in [0, 0.05) is 42.2 Å². The minimum absolute atomic E-state index is 0.0383. The minimum Gasteiger partial charge on any atom is -0.379 e. The van der Waals surface area contributed by atoms with Gasteiger partial charge in [-0.3, -0.25) is 14.8 Å². The third kappa shape index (κ3) is 3.05. The standard InChI is InChI=1S/C21H22N4O2S/c26-21-19-17(18(22-23-19)15-5-2-1-3-6-15)20(16-7-4-14-28-16)25(21)9-8-24-10-12-27-13-11-24/h1-7,14,20H,8-13H2,(H,22,23). The molecule has 7 heteroatoms. The van der Waals surface area contributed by atoms with E-state index in [0.29, 0.717) is 12.2 Å². The summed E-state index contributed by atoms with van der Waals surface area (Å²) in [6, 6.07) is 14.2. The number of aromatic nitrogens is 2. The van der Waals surface area contributed by atoms with Crippen LogP contribution in [0, 0.1) is 0 Å². The van der Waals surface area contributed by atoms with E-state index in [-0.39, 0.29) is 11.9 Å². The number of amides is 1. The van der Waals surface area contributed by atoms with Crippen molar-refractivity contribution in [3.05, 3.63) is 64.0 Å². The lowest BCUT2D eigenvalue weighted by atomic mass is 10.0. The normalized spacial score (nSPS) is 19.9. The van der Waals surface area contributed by atoms with Crippen molar-refractivity contribution in [2.45, 2.75) is 6.04 Å². The van der Waals surface area contributed by atoms with Gasteiger partial charge in [0.15, 0.2) is 0 Å². The van der Waals surface area contributed by atoms with Crippen molar-refractivity contribution < 1.29 is 9.53 Å². The van der Waals surface area contributed by atoms with E-state index >= 15 is 0 Å². The third-order valence-electron chi connectivity index (χ3n) is 5.48. The maximum Gasteiger partial charge on any atom is 0.273 e. The van der Waals surface area contributed by atoms with Crippen LogP contribution in [0.5, 0.6) is 0 Å². The molecule has 1 saturated heterocycles. The lowest BCUT2D eigenvalue weighted by molar-refractivity contribution is 0.0317. The Hall–Kier alpha value is -2.48. The zero-order valence-corrected chi connectivity index (χ0v) is 16.3. The molecular weight excluding hydrogens is 372 g/mol. The summed E-state index contributed by atoms with van der Waals surface area (Å²) in [6.45, 7) is 4.93. The molecule has 1 N–H and O–H groups in total. The van der Waals surface area contributed by atoms with E-state index in [2.05, 4.69) is 26.5 Å². The molecule has 28 heavy (non-hydrogen) atoms. The summed E-state index contributed by atoms with van der Waals surface area (Å²) in [5, 5.41) is 9.60. The van der Waals surface area contributed by atoms with Crippen LogP contribution in [0.3, 0.4) is 0 Å². The van der Waals surface area contributed by atoms with Gasteiger partial charge in [-0.05, 0) is 11.4 Å². The molecule has 1 fully saturated rings. The van der Waals surface area contributed by atoms with Crippen molar-refractivity contribution in [1.29, 1.82) is 0 Å². The van der Waals surface area contributed by atoms with E-state index in [1.165, 1.54) is 4.88 Å². The number of H-pyrrole nitrogens is 1. The molecule has 2 aliphatic rings. The Bertz CT molecular complexity index is 948. The molecule has 6 nitrogen and oxygen atoms in total. The second kappa shape index (κ2) is 7.50. The average molecular weight is 395 g/mol. The van der Waals surface area contributed by atoms with Gasteiger partial charge >= 0.3 is 0 Å². The summed E-state index contributed by atoms with van der Waals surface area (Å²) in [7, 11) is 0. The molecule has 144 valence electrons. The second-order valence-electron chi connectivity index (χ2n) is 7.10. The van der Waals surface area contributed by atoms with Crippen LogP contribution in [0.1, 0.15) is 27.0 Å². The van der Waals surface area contributed by atoms with Crippen LogP contribution in [-0.4, -0.2) is 65.3 Å². The maximum atomic E-state index is 13.2. The quantitative estimate of drug-likeness (QED) is 0.723. The van der Waals surface area contributed by atoms with Crippen LogP contribution in [0.25, 0.3) is 11.3 Å². The highest BCUT2D eigenvalue weighted by atomic mass is 32.1.